The Morgan fingerprint density at radius 2 is 2.17 bits per heavy atom. The Morgan fingerprint density at radius 3 is 2.87 bits per heavy atom. The number of carbonyl (C=O) groups is 2. The lowest BCUT2D eigenvalue weighted by molar-refractivity contribution is -0.160. The molecule has 7 nitrogen and oxygen atoms in total. The number of nitrogens with one attached hydrogen (secondary N) is 1. The molecule has 0 saturated carbocycles. The molecule has 1 heterocycles. The van der Waals surface area contributed by atoms with Gasteiger partial charge in [-0.1, -0.05) is 13.3 Å². The van der Waals surface area contributed by atoms with Gasteiger partial charge in [0.05, 0.1) is 19.3 Å². The summed E-state index contributed by atoms with van der Waals surface area (Å²) in [6.45, 7) is 6.07. The molecule has 7 heteroatoms. The number of hydrogen-bond acceptors (Lipinski definition) is 6. The van der Waals surface area contributed by atoms with Gasteiger partial charge in [-0.3, -0.25) is 4.79 Å². The van der Waals surface area contributed by atoms with Crippen LogP contribution in [0, 0.1) is 0 Å². The van der Waals surface area contributed by atoms with Crippen molar-refractivity contribution < 1.29 is 28.5 Å². The lowest BCUT2D eigenvalue weighted by Gasteiger charge is -2.15. The first kappa shape index (κ1) is 19.9. The molecule has 1 aliphatic heterocycles. The summed E-state index contributed by atoms with van der Waals surface area (Å²) in [5, 5.41) is 2.63. The average Bonchev–Trinajstić information content (AvgIpc) is 3.07. The maximum Gasteiger partial charge on any atom is 0.335 e. The molecule has 1 aliphatic rings. The van der Waals surface area contributed by atoms with E-state index in [1.54, 1.807) is 6.92 Å². The number of carbonyl (C=O) groups excluding carboxylic acids is 2. The van der Waals surface area contributed by atoms with Crippen LogP contribution in [0.5, 0.6) is 0 Å². The SMILES string of the molecule is CCCCOCCNC(=O)COC(=O)C(C)OCC1CCCO1. The maximum absolute atomic E-state index is 11.7. The minimum Gasteiger partial charge on any atom is -0.454 e. The molecule has 1 N–H and O–H groups in total. The molecule has 0 bridgehead atoms. The second-order valence-corrected chi connectivity index (χ2v) is 5.53. The van der Waals surface area contributed by atoms with Crippen LogP contribution < -0.4 is 5.32 Å². The molecule has 0 radical (unpaired) electrons. The molecule has 2 atom stereocenters. The standard InChI is InChI=1S/C16H29NO6/c1-3-4-8-20-10-7-17-15(18)12-23-16(19)13(2)22-11-14-6-5-9-21-14/h13-14H,3-12H2,1-2H3,(H,17,18). The van der Waals surface area contributed by atoms with Gasteiger partial charge in [-0.2, -0.15) is 0 Å². The first-order chi connectivity index (χ1) is 11.1. The minimum absolute atomic E-state index is 0.0567. The molecule has 134 valence electrons. The van der Waals surface area contributed by atoms with Crippen molar-refractivity contribution in [1.29, 1.82) is 0 Å². The Morgan fingerprint density at radius 1 is 1.35 bits per heavy atom. The number of ether oxygens (including phenoxy) is 4. The summed E-state index contributed by atoms with van der Waals surface area (Å²) < 4.78 is 21.0. The molecular weight excluding hydrogens is 302 g/mol. The number of rotatable bonds is 12. The number of unbranched alkanes of at least 4 members (excludes halogenated alkanes) is 1. The molecule has 1 rings (SSSR count). The zero-order valence-electron chi connectivity index (χ0n) is 14.2. The van der Waals surface area contributed by atoms with Gasteiger partial charge < -0.3 is 24.3 Å². The molecule has 0 aromatic heterocycles. The van der Waals surface area contributed by atoms with Gasteiger partial charge in [0.25, 0.3) is 5.91 Å². The van der Waals surface area contributed by atoms with Crippen LogP contribution in [0.4, 0.5) is 0 Å². The number of hydrogen-bond donors (Lipinski definition) is 1. The molecule has 1 fully saturated rings. The fourth-order valence-electron chi connectivity index (χ4n) is 2.01. The van der Waals surface area contributed by atoms with Crippen molar-refractivity contribution in [2.75, 3.05) is 39.6 Å². The zero-order chi connectivity index (χ0) is 16.9. The quantitative estimate of drug-likeness (QED) is 0.425. The Labute approximate surface area is 138 Å². The monoisotopic (exact) mass is 331 g/mol. The predicted octanol–water partition coefficient (Wildman–Crippen LogP) is 1.05. The fraction of sp³-hybridized carbons (Fsp3) is 0.875. The van der Waals surface area contributed by atoms with E-state index >= 15 is 0 Å². The molecule has 0 spiro atoms. The van der Waals surface area contributed by atoms with Gasteiger partial charge in [-0.15, -0.1) is 0 Å². The molecule has 2 unspecified atom stereocenters. The van der Waals surface area contributed by atoms with Gasteiger partial charge >= 0.3 is 5.97 Å². The summed E-state index contributed by atoms with van der Waals surface area (Å²) in [4.78, 5) is 23.2. The molecule has 0 aromatic carbocycles. The van der Waals surface area contributed by atoms with E-state index in [4.69, 9.17) is 18.9 Å². The van der Waals surface area contributed by atoms with Crippen molar-refractivity contribution in [2.24, 2.45) is 0 Å². The third-order valence-corrected chi connectivity index (χ3v) is 3.44. The maximum atomic E-state index is 11.7. The van der Waals surface area contributed by atoms with E-state index in [0.29, 0.717) is 26.4 Å². The van der Waals surface area contributed by atoms with Gasteiger partial charge in [-0.25, -0.2) is 4.79 Å². The summed E-state index contributed by atoms with van der Waals surface area (Å²) in [5.41, 5.74) is 0. The highest BCUT2D eigenvalue weighted by molar-refractivity contribution is 5.81. The largest absolute Gasteiger partial charge is 0.454 e. The zero-order valence-corrected chi connectivity index (χ0v) is 14.2. The predicted molar refractivity (Wildman–Crippen MR) is 84.1 cm³/mol. The Bertz CT molecular complexity index is 343. The third kappa shape index (κ3) is 9.53. The smallest absolute Gasteiger partial charge is 0.335 e. The molecule has 1 saturated heterocycles. The topological polar surface area (TPSA) is 83.1 Å². The second kappa shape index (κ2) is 12.3. The lowest BCUT2D eigenvalue weighted by Crippen LogP contribution is -2.34. The number of amides is 1. The van der Waals surface area contributed by atoms with E-state index < -0.39 is 12.1 Å². The molecule has 1 amide bonds. The van der Waals surface area contributed by atoms with Gasteiger partial charge in [0.1, 0.15) is 0 Å². The normalized spacial score (nSPS) is 18.6. The summed E-state index contributed by atoms with van der Waals surface area (Å²) in [6.07, 6.45) is 3.41. The lowest BCUT2D eigenvalue weighted by atomic mass is 10.2. The first-order valence-corrected chi connectivity index (χ1v) is 8.37. The van der Waals surface area contributed by atoms with Gasteiger partial charge in [0.15, 0.2) is 12.7 Å². The molecule has 0 aromatic rings. The van der Waals surface area contributed by atoms with E-state index in [1.807, 2.05) is 0 Å². The van der Waals surface area contributed by atoms with E-state index in [9.17, 15) is 9.59 Å². The highest BCUT2D eigenvalue weighted by Crippen LogP contribution is 2.12. The van der Waals surface area contributed by atoms with Crippen molar-refractivity contribution in [1.82, 2.24) is 5.32 Å². The summed E-state index contributed by atoms with van der Waals surface area (Å²) >= 11 is 0. The van der Waals surface area contributed by atoms with Crippen LogP contribution in [0.25, 0.3) is 0 Å². The highest BCUT2D eigenvalue weighted by atomic mass is 16.6. The van der Waals surface area contributed by atoms with Crippen LogP contribution in [0.15, 0.2) is 0 Å². The van der Waals surface area contributed by atoms with Crippen molar-refractivity contribution in [3.63, 3.8) is 0 Å². The minimum atomic E-state index is -0.704. The van der Waals surface area contributed by atoms with E-state index in [1.165, 1.54) is 0 Å². The van der Waals surface area contributed by atoms with Crippen LogP contribution in [-0.4, -0.2) is 63.7 Å². The van der Waals surface area contributed by atoms with Gasteiger partial charge in [-0.05, 0) is 26.2 Å². The van der Waals surface area contributed by atoms with Gasteiger partial charge in [0.2, 0.25) is 0 Å². The average molecular weight is 331 g/mol. The number of esters is 1. The van der Waals surface area contributed by atoms with Crippen LogP contribution in [0.3, 0.4) is 0 Å². The third-order valence-electron chi connectivity index (χ3n) is 3.44. The van der Waals surface area contributed by atoms with Crippen LogP contribution >= 0.6 is 0 Å². The summed E-state index contributed by atoms with van der Waals surface area (Å²) in [6, 6.07) is 0. The fourth-order valence-corrected chi connectivity index (χ4v) is 2.01. The Hall–Kier alpha value is -1.18. The van der Waals surface area contributed by atoms with E-state index in [-0.39, 0.29) is 18.6 Å². The van der Waals surface area contributed by atoms with Crippen molar-refractivity contribution in [2.45, 2.75) is 51.7 Å². The first-order valence-electron chi connectivity index (χ1n) is 8.37. The Kier molecular flexibility index (Phi) is 10.6. The molecule has 23 heavy (non-hydrogen) atoms. The Balaban J connectivity index is 2.01. The van der Waals surface area contributed by atoms with Crippen molar-refractivity contribution in [3.8, 4) is 0 Å². The second-order valence-electron chi connectivity index (χ2n) is 5.53. The van der Waals surface area contributed by atoms with Crippen LogP contribution in [0.2, 0.25) is 0 Å². The van der Waals surface area contributed by atoms with E-state index in [2.05, 4.69) is 12.2 Å². The van der Waals surface area contributed by atoms with Crippen molar-refractivity contribution >= 4 is 11.9 Å². The van der Waals surface area contributed by atoms with Crippen molar-refractivity contribution in [3.05, 3.63) is 0 Å². The summed E-state index contributed by atoms with van der Waals surface area (Å²) in [7, 11) is 0. The van der Waals surface area contributed by atoms with E-state index in [0.717, 1.165) is 32.3 Å². The summed E-state index contributed by atoms with van der Waals surface area (Å²) in [5.74, 6) is -0.888. The van der Waals surface area contributed by atoms with Gasteiger partial charge in [0, 0.05) is 19.8 Å². The van der Waals surface area contributed by atoms with Crippen LogP contribution in [0.1, 0.15) is 39.5 Å². The molecular formula is C16H29NO6. The highest BCUT2D eigenvalue weighted by Gasteiger charge is 2.21. The molecule has 0 aliphatic carbocycles. The van der Waals surface area contributed by atoms with Crippen LogP contribution in [-0.2, 0) is 28.5 Å².